The molecule has 27 heavy (non-hydrogen) atoms. The predicted octanol–water partition coefficient (Wildman–Crippen LogP) is 3.04. The first-order valence-electron chi connectivity index (χ1n) is 8.49. The number of nitrogens with zero attached hydrogens (tertiary/aromatic N) is 3. The summed E-state index contributed by atoms with van der Waals surface area (Å²) < 4.78 is 14.8. The highest BCUT2D eigenvalue weighted by Crippen LogP contribution is 2.25. The SMILES string of the molecule is Cl.O=C(N[C@H]1CCCNC1)c1nc(-c2cccs2)n(-c2ccc(F)cc2)n1. The van der Waals surface area contributed by atoms with Crippen molar-refractivity contribution in [1.29, 1.82) is 0 Å². The molecule has 6 nitrogen and oxygen atoms in total. The van der Waals surface area contributed by atoms with Gasteiger partial charge in [0.2, 0.25) is 5.82 Å². The summed E-state index contributed by atoms with van der Waals surface area (Å²) in [5, 5.41) is 12.6. The van der Waals surface area contributed by atoms with E-state index >= 15 is 0 Å². The fraction of sp³-hybridized carbons (Fsp3) is 0.278. The lowest BCUT2D eigenvalue weighted by Crippen LogP contribution is -2.45. The van der Waals surface area contributed by atoms with E-state index in [2.05, 4.69) is 20.7 Å². The molecule has 1 atom stereocenters. The molecule has 0 aliphatic carbocycles. The maximum atomic E-state index is 13.3. The molecule has 1 aliphatic rings. The summed E-state index contributed by atoms with van der Waals surface area (Å²) in [7, 11) is 0. The monoisotopic (exact) mass is 407 g/mol. The molecule has 2 aromatic heterocycles. The fourth-order valence-electron chi connectivity index (χ4n) is 2.96. The Morgan fingerprint density at radius 3 is 2.78 bits per heavy atom. The van der Waals surface area contributed by atoms with E-state index in [-0.39, 0.29) is 36.0 Å². The number of rotatable bonds is 4. The van der Waals surface area contributed by atoms with Crippen LogP contribution in [0.5, 0.6) is 0 Å². The van der Waals surface area contributed by atoms with Crippen molar-refractivity contribution in [3.05, 3.63) is 53.4 Å². The van der Waals surface area contributed by atoms with Crippen molar-refractivity contribution in [2.75, 3.05) is 13.1 Å². The number of hydrogen-bond donors (Lipinski definition) is 2. The van der Waals surface area contributed by atoms with Crippen LogP contribution in [0.25, 0.3) is 16.4 Å². The van der Waals surface area contributed by atoms with Crippen LogP contribution in [-0.2, 0) is 0 Å². The molecule has 1 amide bonds. The third kappa shape index (κ3) is 4.35. The maximum Gasteiger partial charge on any atom is 0.291 e. The molecular weight excluding hydrogens is 389 g/mol. The number of carbonyl (C=O) groups is 1. The summed E-state index contributed by atoms with van der Waals surface area (Å²) in [6.07, 6.45) is 1.97. The molecule has 0 spiro atoms. The number of halogens is 2. The molecule has 1 aliphatic heterocycles. The van der Waals surface area contributed by atoms with Crippen LogP contribution in [0.3, 0.4) is 0 Å². The summed E-state index contributed by atoms with van der Waals surface area (Å²) in [5.41, 5.74) is 0.653. The van der Waals surface area contributed by atoms with Gasteiger partial charge in [-0.3, -0.25) is 4.79 Å². The number of benzene rings is 1. The van der Waals surface area contributed by atoms with Crippen molar-refractivity contribution < 1.29 is 9.18 Å². The lowest BCUT2D eigenvalue weighted by molar-refractivity contribution is 0.0920. The van der Waals surface area contributed by atoms with Gasteiger partial charge in [-0.15, -0.1) is 28.8 Å². The average Bonchev–Trinajstić information content (AvgIpc) is 3.33. The van der Waals surface area contributed by atoms with Crippen molar-refractivity contribution in [2.24, 2.45) is 0 Å². The second-order valence-corrected chi connectivity index (χ2v) is 7.09. The van der Waals surface area contributed by atoms with Crippen molar-refractivity contribution in [3.63, 3.8) is 0 Å². The van der Waals surface area contributed by atoms with E-state index in [1.807, 2.05) is 17.5 Å². The van der Waals surface area contributed by atoms with E-state index in [1.54, 1.807) is 16.8 Å². The molecule has 2 N–H and O–H groups in total. The van der Waals surface area contributed by atoms with E-state index in [9.17, 15) is 9.18 Å². The second-order valence-electron chi connectivity index (χ2n) is 6.14. The highest BCUT2D eigenvalue weighted by atomic mass is 35.5. The van der Waals surface area contributed by atoms with Crippen molar-refractivity contribution >= 4 is 29.7 Å². The molecule has 0 radical (unpaired) electrons. The minimum atomic E-state index is -0.325. The number of aromatic nitrogens is 3. The smallest absolute Gasteiger partial charge is 0.291 e. The Balaban J connectivity index is 0.00000210. The van der Waals surface area contributed by atoms with Crippen molar-refractivity contribution in [2.45, 2.75) is 18.9 Å². The first-order chi connectivity index (χ1) is 12.7. The summed E-state index contributed by atoms with van der Waals surface area (Å²) >= 11 is 1.51. The molecule has 0 unspecified atom stereocenters. The van der Waals surface area contributed by atoms with Crippen LogP contribution in [-0.4, -0.2) is 39.8 Å². The fourth-order valence-corrected chi connectivity index (χ4v) is 3.66. The van der Waals surface area contributed by atoms with Crippen LogP contribution in [0.2, 0.25) is 0 Å². The molecule has 3 aromatic rings. The van der Waals surface area contributed by atoms with Crippen LogP contribution in [0, 0.1) is 5.82 Å². The Kier molecular flexibility index (Phi) is 6.20. The normalized spacial score (nSPS) is 16.6. The van der Waals surface area contributed by atoms with Gasteiger partial charge in [0.25, 0.3) is 5.91 Å². The van der Waals surface area contributed by atoms with E-state index in [0.29, 0.717) is 11.5 Å². The van der Waals surface area contributed by atoms with Gasteiger partial charge in [0.15, 0.2) is 5.82 Å². The average molecular weight is 408 g/mol. The third-order valence-corrected chi connectivity index (χ3v) is 5.12. The number of hydrogen-bond acceptors (Lipinski definition) is 5. The highest BCUT2D eigenvalue weighted by Gasteiger charge is 2.22. The third-order valence-electron chi connectivity index (χ3n) is 4.26. The Labute approximate surface area is 166 Å². The summed E-state index contributed by atoms with van der Waals surface area (Å²) in [4.78, 5) is 17.9. The van der Waals surface area contributed by atoms with E-state index in [1.165, 1.54) is 23.5 Å². The van der Waals surface area contributed by atoms with Gasteiger partial charge in [-0.25, -0.2) is 14.1 Å². The van der Waals surface area contributed by atoms with Gasteiger partial charge in [0.1, 0.15) is 5.82 Å². The van der Waals surface area contributed by atoms with E-state index < -0.39 is 0 Å². The van der Waals surface area contributed by atoms with Crippen LogP contribution in [0.4, 0.5) is 4.39 Å². The lowest BCUT2D eigenvalue weighted by atomic mass is 10.1. The molecule has 1 fully saturated rings. The first-order valence-corrected chi connectivity index (χ1v) is 9.37. The summed E-state index contributed by atoms with van der Waals surface area (Å²) in [6.45, 7) is 1.73. The largest absolute Gasteiger partial charge is 0.345 e. The highest BCUT2D eigenvalue weighted by molar-refractivity contribution is 7.13. The number of carbonyl (C=O) groups excluding carboxylic acids is 1. The van der Waals surface area contributed by atoms with Crippen LogP contribution < -0.4 is 10.6 Å². The quantitative estimate of drug-likeness (QED) is 0.697. The van der Waals surface area contributed by atoms with Gasteiger partial charge in [-0.1, -0.05) is 6.07 Å². The number of thiophene rings is 1. The van der Waals surface area contributed by atoms with Crippen molar-refractivity contribution in [1.82, 2.24) is 25.4 Å². The Hall–Kier alpha value is -2.29. The molecule has 9 heteroatoms. The minimum absolute atomic E-state index is 0. The lowest BCUT2D eigenvalue weighted by Gasteiger charge is -2.23. The van der Waals surface area contributed by atoms with Gasteiger partial charge < -0.3 is 10.6 Å². The van der Waals surface area contributed by atoms with E-state index in [0.717, 1.165) is 30.8 Å². The number of nitrogens with one attached hydrogen (secondary N) is 2. The second kappa shape index (κ2) is 8.60. The molecule has 0 saturated carbocycles. The standard InChI is InChI=1S/C18H18FN5OS.ClH/c19-12-5-7-14(8-6-12)24-17(15-4-2-10-26-15)22-16(23-24)18(25)21-13-3-1-9-20-11-13;/h2,4-8,10,13,20H,1,3,9,11H2,(H,21,25);1H/t13-;/m0./s1. The summed E-state index contributed by atoms with van der Waals surface area (Å²) in [6, 6.07) is 9.88. The van der Waals surface area contributed by atoms with Gasteiger partial charge in [-0.2, -0.15) is 0 Å². The van der Waals surface area contributed by atoms with Gasteiger partial charge >= 0.3 is 0 Å². The topological polar surface area (TPSA) is 71.8 Å². The Morgan fingerprint density at radius 2 is 2.11 bits per heavy atom. The molecule has 142 valence electrons. The molecule has 1 saturated heterocycles. The van der Waals surface area contributed by atoms with Gasteiger partial charge in [0.05, 0.1) is 10.6 Å². The molecule has 3 heterocycles. The zero-order chi connectivity index (χ0) is 17.9. The van der Waals surface area contributed by atoms with E-state index in [4.69, 9.17) is 0 Å². The number of amides is 1. The summed E-state index contributed by atoms with van der Waals surface area (Å²) in [5.74, 6) is 0.0634. The van der Waals surface area contributed by atoms with Gasteiger partial charge in [0, 0.05) is 12.6 Å². The molecule has 4 rings (SSSR count). The Morgan fingerprint density at radius 1 is 1.30 bits per heavy atom. The zero-order valence-corrected chi connectivity index (χ0v) is 16.0. The Bertz CT molecular complexity index is 891. The van der Waals surface area contributed by atoms with Crippen molar-refractivity contribution in [3.8, 4) is 16.4 Å². The van der Waals surface area contributed by atoms with Gasteiger partial charge in [-0.05, 0) is 55.1 Å². The molecule has 1 aromatic carbocycles. The minimum Gasteiger partial charge on any atom is -0.345 e. The molecule has 0 bridgehead atoms. The molecular formula is C18H19ClFN5OS. The van der Waals surface area contributed by atoms with Crippen LogP contribution >= 0.6 is 23.7 Å². The van der Waals surface area contributed by atoms with Crippen LogP contribution in [0.1, 0.15) is 23.5 Å². The zero-order valence-electron chi connectivity index (χ0n) is 14.4. The maximum absolute atomic E-state index is 13.3. The predicted molar refractivity (Wildman–Crippen MR) is 105 cm³/mol. The van der Waals surface area contributed by atoms with Crippen LogP contribution in [0.15, 0.2) is 41.8 Å². The number of piperidine rings is 1. The first kappa shape index (κ1) is 19.5.